The van der Waals surface area contributed by atoms with E-state index in [0.717, 1.165) is 5.69 Å². The molecule has 2 rings (SSSR count). The van der Waals surface area contributed by atoms with E-state index in [1.54, 1.807) is 0 Å². The largest absolute Gasteiger partial charge is 0.398 e. The zero-order valence-corrected chi connectivity index (χ0v) is 9.79. The highest BCUT2D eigenvalue weighted by Crippen LogP contribution is 2.44. The third kappa shape index (κ3) is 2.34. The van der Waals surface area contributed by atoms with Gasteiger partial charge in [-0.3, -0.25) is 0 Å². The lowest BCUT2D eigenvalue weighted by Gasteiger charge is -2.35. The molecule has 1 heteroatoms. The molecule has 0 aromatic heterocycles. The minimum Gasteiger partial charge on any atom is -0.398 e. The maximum absolute atomic E-state index is 6.04. The molecular weight excluding hydrogens is 182 g/mol. The van der Waals surface area contributed by atoms with Crippen molar-refractivity contribution in [3.63, 3.8) is 0 Å². The van der Waals surface area contributed by atoms with Gasteiger partial charge in [0, 0.05) is 5.69 Å². The summed E-state index contributed by atoms with van der Waals surface area (Å²) >= 11 is 0. The quantitative estimate of drug-likeness (QED) is 0.687. The van der Waals surface area contributed by atoms with E-state index in [0.29, 0.717) is 11.3 Å². The summed E-state index contributed by atoms with van der Waals surface area (Å²) in [6.45, 7) is 4.75. The first-order chi connectivity index (χ1) is 7.08. The van der Waals surface area contributed by atoms with Crippen LogP contribution in [0.3, 0.4) is 0 Å². The molecule has 1 aliphatic rings. The Morgan fingerprint density at radius 3 is 2.67 bits per heavy atom. The van der Waals surface area contributed by atoms with Gasteiger partial charge in [0.15, 0.2) is 0 Å². The van der Waals surface area contributed by atoms with E-state index in [9.17, 15) is 0 Å². The first kappa shape index (κ1) is 10.5. The third-order valence-electron chi connectivity index (χ3n) is 3.64. The van der Waals surface area contributed by atoms with Crippen LogP contribution < -0.4 is 5.73 Å². The summed E-state index contributed by atoms with van der Waals surface area (Å²) in [6.07, 6.45) is 5.28. The molecule has 1 aliphatic carbocycles. The number of hydrogen-bond acceptors (Lipinski definition) is 1. The van der Waals surface area contributed by atoms with Gasteiger partial charge in [-0.1, -0.05) is 38.5 Å². The van der Waals surface area contributed by atoms with Crippen LogP contribution in [0.15, 0.2) is 24.3 Å². The van der Waals surface area contributed by atoms with Crippen molar-refractivity contribution in [2.75, 3.05) is 5.73 Å². The number of hydrogen-bond donors (Lipinski definition) is 1. The van der Waals surface area contributed by atoms with Crippen LogP contribution >= 0.6 is 0 Å². The molecule has 1 fully saturated rings. The van der Waals surface area contributed by atoms with Gasteiger partial charge in [0.2, 0.25) is 0 Å². The number of rotatable bonds is 1. The molecule has 0 radical (unpaired) electrons. The van der Waals surface area contributed by atoms with Crippen LogP contribution in [-0.2, 0) is 0 Å². The highest BCUT2D eigenvalue weighted by Gasteiger charge is 2.29. The Balaban J connectivity index is 2.21. The normalized spacial score (nSPS) is 25.1. The van der Waals surface area contributed by atoms with Crippen LogP contribution in [0.2, 0.25) is 0 Å². The van der Waals surface area contributed by atoms with Gasteiger partial charge in [-0.2, -0.15) is 0 Å². The number of nitrogen functional groups attached to an aromatic ring is 1. The Kier molecular flexibility index (Phi) is 2.72. The van der Waals surface area contributed by atoms with Gasteiger partial charge < -0.3 is 5.73 Å². The monoisotopic (exact) mass is 203 g/mol. The zero-order chi connectivity index (χ0) is 10.9. The molecule has 1 atom stereocenters. The van der Waals surface area contributed by atoms with Gasteiger partial charge >= 0.3 is 0 Å². The smallest absolute Gasteiger partial charge is 0.0349 e. The van der Waals surface area contributed by atoms with E-state index < -0.39 is 0 Å². The van der Waals surface area contributed by atoms with Crippen LogP contribution in [0.25, 0.3) is 0 Å². The minimum atomic E-state index is 0.491. The predicted octanol–water partition coefficient (Wildman–Crippen LogP) is 3.95. The van der Waals surface area contributed by atoms with Crippen molar-refractivity contribution >= 4 is 5.69 Å². The van der Waals surface area contributed by atoms with Crippen molar-refractivity contribution in [2.45, 2.75) is 45.4 Å². The standard InChI is InChI=1S/C14H21N/c1-14(2)9-5-6-11(10-14)12-7-3-4-8-13(12)15/h3-4,7-8,11H,5-6,9-10,15H2,1-2H3/t11-/m0/s1. The lowest BCUT2D eigenvalue weighted by atomic mass is 9.70. The molecule has 1 aromatic carbocycles. The maximum atomic E-state index is 6.04. The van der Waals surface area contributed by atoms with E-state index in [1.807, 2.05) is 12.1 Å². The summed E-state index contributed by atoms with van der Waals surface area (Å²) in [5, 5.41) is 0. The molecule has 1 aromatic rings. The fraction of sp³-hybridized carbons (Fsp3) is 0.571. The Morgan fingerprint density at radius 2 is 2.00 bits per heavy atom. The van der Waals surface area contributed by atoms with Crippen LogP contribution in [0, 0.1) is 5.41 Å². The number of nitrogens with two attached hydrogens (primary N) is 1. The summed E-state index contributed by atoms with van der Waals surface area (Å²) in [5.41, 5.74) is 8.87. The summed E-state index contributed by atoms with van der Waals surface area (Å²) in [7, 11) is 0. The second-order valence-electron chi connectivity index (χ2n) is 5.59. The second-order valence-corrected chi connectivity index (χ2v) is 5.59. The molecule has 0 bridgehead atoms. The first-order valence-corrected chi connectivity index (χ1v) is 5.93. The Morgan fingerprint density at radius 1 is 1.27 bits per heavy atom. The van der Waals surface area contributed by atoms with E-state index >= 15 is 0 Å². The van der Waals surface area contributed by atoms with E-state index in [1.165, 1.54) is 31.2 Å². The van der Waals surface area contributed by atoms with Gasteiger partial charge in [0.05, 0.1) is 0 Å². The van der Waals surface area contributed by atoms with Gasteiger partial charge in [0.25, 0.3) is 0 Å². The van der Waals surface area contributed by atoms with Crippen LogP contribution in [0.4, 0.5) is 5.69 Å². The Bertz CT molecular complexity index is 341. The number of benzene rings is 1. The molecule has 0 aliphatic heterocycles. The molecule has 0 heterocycles. The minimum absolute atomic E-state index is 0.491. The van der Waals surface area contributed by atoms with Crippen LogP contribution in [-0.4, -0.2) is 0 Å². The highest BCUT2D eigenvalue weighted by atomic mass is 14.6. The Hall–Kier alpha value is -0.980. The molecule has 82 valence electrons. The molecule has 15 heavy (non-hydrogen) atoms. The molecule has 0 unspecified atom stereocenters. The summed E-state index contributed by atoms with van der Waals surface area (Å²) in [6, 6.07) is 8.35. The topological polar surface area (TPSA) is 26.0 Å². The molecule has 0 spiro atoms. The van der Waals surface area contributed by atoms with Crippen molar-refractivity contribution in [3.8, 4) is 0 Å². The van der Waals surface area contributed by atoms with Crippen LogP contribution in [0.1, 0.15) is 51.0 Å². The average molecular weight is 203 g/mol. The lowest BCUT2D eigenvalue weighted by molar-refractivity contribution is 0.220. The van der Waals surface area contributed by atoms with Gasteiger partial charge in [-0.25, -0.2) is 0 Å². The third-order valence-corrected chi connectivity index (χ3v) is 3.64. The van der Waals surface area contributed by atoms with Crippen molar-refractivity contribution in [3.05, 3.63) is 29.8 Å². The number of anilines is 1. The van der Waals surface area contributed by atoms with E-state index in [4.69, 9.17) is 5.73 Å². The molecule has 2 N–H and O–H groups in total. The SMILES string of the molecule is CC1(C)CCC[C@H](c2ccccc2N)C1. The fourth-order valence-electron chi connectivity index (χ4n) is 2.85. The van der Waals surface area contributed by atoms with Crippen molar-refractivity contribution in [1.29, 1.82) is 0 Å². The maximum Gasteiger partial charge on any atom is 0.0349 e. The summed E-state index contributed by atoms with van der Waals surface area (Å²) < 4.78 is 0. The predicted molar refractivity (Wildman–Crippen MR) is 65.8 cm³/mol. The van der Waals surface area contributed by atoms with Crippen molar-refractivity contribution in [2.24, 2.45) is 5.41 Å². The van der Waals surface area contributed by atoms with E-state index in [2.05, 4.69) is 26.0 Å². The summed E-state index contributed by atoms with van der Waals surface area (Å²) in [5.74, 6) is 0.676. The summed E-state index contributed by atoms with van der Waals surface area (Å²) in [4.78, 5) is 0. The molecular formula is C14H21N. The lowest BCUT2D eigenvalue weighted by Crippen LogP contribution is -2.21. The zero-order valence-electron chi connectivity index (χ0n) is 9.79. The number of para-hydroxylation sites is 1. The molecule has 0 amide bonds. The van der Waals surface area contributed by atoms with Crippen molar-refractivity contribution < 1.29 is 0 Å². The average Bonchev–Trinajstić information content (AvgIpc) is 2.17. The molecule has 1 saturated carbocycles. The van der Waals surface area contributed by atoms with Gasteiger partial charge in [-0.15, -0.1) is 0 Å². The van der Waals surface area contributed by atoms with Crippen LogP contribution in [0.5, 0.6) is 0 Å². The van der Waals surface area contributed by atoms with Crippen molar-refractivity contribution in [1.82, 2.24) is 0 Å². The molecule has 0 saturated heterocycles. The highest BCUT2D eigenvalue weighted by molar-refractivity contribution is 5.48. The Labute approximate surface area is 92.7 Å². The second kappa shape index (κ2) is 3.88. The first-order valence-electron chi connectivity index (χ1n) is 5.93. The molecule has 1 nitrogen and oxygen atoms in total. The van der Waals surface area contributed by atoms with Gasteiger partial charge in [0.1, 0.15) is 0 Å². The fourth-order valence-corrected chi connectivity index (χ4v) is 2.85. The van der Waals surface area contributed by atoms with Gasteiger partial charge in [-0.05, 0) is 42.2 Å². The van der Waals surface area contributed by atoms with E-state index in [-0.39, 0.29) is 0 Å².